The van der Waals surface area contributed by atoms with Gasteiger partial charge in [0.1, 0.15) is 5.52 Å². The summed E-state index contributed by atoms with van der Waals surface area (Å²) in [4.78, 5) is 6.40. The Bertz CT molecular complexity index is 478. The van der Waals surface area contributed by atoms with Gasteiger partial charge in [0.2, 0.25) is 0 Å². The monoisotopic (exact) mass is 219 g/mol. The molecule has 4 heteroatoms. The van der Waals surface area contributed by atoms with Crippen molar-refractivity contribution >= 4 is 11.1 Å². The lowest BCUT2D eigenvalue weighted by atomic mass is 10.1. The van der Waals surface area contributed by atoms with Crippen molar-refractivity contribution in [1.29, 1.82) is 0 Å². The van der Waals surface area contributed by atoms with Gasteiger partial charge >= 0.3 is 0 Å². The minimum atomic E-state index is 0.589. The van der Waals surface area contributed by atoms with Gasteiger partial charge in [-0.3, -0.25) is 4.90 Å². The largest absolute Gasteiger partial charge is 0.441 e. The van der Waals surface area contributed by atoms with Gasteiger partial charge in [-0.15, -0.1) is 0 Å². The summed E-state index contributed by atoms with van der Waals surface area (Å²) in [5, 5.41) is 0. The molecule has 1 aromatic heterocycles. The van der Waals surface area contributed by atoms with Crippen LogP contribution in [0.2, 0.25) is 0 Å². The van der Waals surface area contributed by atoms with Gasteiger partial charge in [-0.1, -0.05) is 6.07 Å². The second-order valence-corrected chi connectivity index (χ2v) is 4.05. The van der Waals surface area contributed by atoms with Gasteiger partial charge in [-0.05, 0) is 31.2 Å². The van der Waals surface area contributed by atoms with E-state index in [0.717, 1.165) is 24.1 Å². The van der Waals surface area contributed by atoms with Crippen LogP contribution in [0, 0.1) is 6.92 Å². The quantitative estimate of drug-likeness (QED) is 0.792. The SMILES string of the molecule is Cc1nc2cc(CCN(C)CN)ccc2o1. The third-order valence-corrected chi connectivity index (χ3v) is 2.65. The van der Waals surface area contributed by atoms with Crippen LogP contribution >= 0.6 is 0 Å². The molecule has 0 fully saturated rings. The van der Waals surface area contributed by atoms with Crippen molar-refractivity contribution in [3.63, 3.8) is 0 Å². The summed E-state index contributed by atoms with van der Waals surface area (Å²) in [6.45, 7) is 3.41. The average Bonchev–Trinajstić information content (AvgIpc) is 2.65. The number of benzene rings is 1. The van der Waals surface area contributed by atoms with Gasteiger partial charge in [0.15, 0.2) is 11.5 Å². The molecule has 0 unspecified atom stereocenters. The summed E-state index contributed by atoms with van der Waals surface area (Å²) in [6, 6.07) is 6.14. The number of hydrogen-bond acceptors (Lipinski definition) is 4. The standard InChI is InChI=1S/C12H17N3O/c1-9-14-11-7-10(3-4-12(11)16-9)5-6-15(2)8-13/h3-4,7H,5-6,8,13H2,1-2H3. The Morgan fingerprint density at radius 3 is 3.00 bits per heavy atom. The van der Waals surface area contributed by atoms with Crippen molar-refractivity contribution < 1.29 is 4.42 Å². The minimum Gasteiger partial charge on any atom is -0.441 e. The highest BCUT2D eigenvalue weighted by atomic mass is 16.3. The van der Waals surface area contributed by atoms with E-state index in [-0.39, 0.29) is 0 Å². The molecule has 0 aliphatic heterocycles. The predicted molar refractivity (Wildman–Crippen MR) is 64.1 cm³/mol. The van der Waals surface area contributed by atoms with E-state index in [0.29, 0.717) is 12.6 Å². The lowest BCUT2D eigenvalue weighted by Gasteiger charge is -2.12. The number of nitrogens with zero attached hydrogens (tertiary/aromatic N) is 2. The normalized spacial score (nSPS) is 11.5. The molecule has 1 aromatic carbocycles. The molecule has 4 nitrogen and oxygen atoms in total. The number of oxazole rings is 1. The van der Waals surface area contributed by atoms with Crippen molar-refractivity contribution in [2.45, 2.75) is 13.3 Å². The van der Waals surface area contributed by atoms with Gasteiger partial charge in [-0.25, -0.2) is 4.98 Å². The first-order valence-corrected chi connectivity index (χ1v) is 5.43. The van der Waals surface area contributed by atoms with Gasteiger partial charge in [-0.2, -0.15) is 0 Å². The van der Waals surface area contributed by atoms with Crippen molar-refractivity contribution in [1.82, 2.24) is 9.88 Å². The molecule has 0 aliphatic carbocycles. The molecular formula is C12H17N3O. The number of aryl methyl sites for hydroxylation is 1. The summed E-state index contributed by atoms with van der Waals surface area (Å²) >= 11 is 0. The Hall–Kier alpha value is -1.39. The van der Waals surface area contributed by atoms with E-state index in [2.05, 4.69) is 22.0 Å². The van der Waals surface area contributed by atoms with Gasteiger partial charge in [0.25, 0.3) is 0 Å². The Morgan fingerprint density at radius 1 is 1.44 bits per heavy atom. The van der Waals surface area contributed by atoms with E-state index < -0.39 is 0 Å². The van der Waals surface area contributed by atoms with Crippen molar-refractivity contribution in [3.8, 4) is 0 Å². The number of hydrogen-bond donors (Lipinski definition) is 1. The lowest BCUT2D eigenvalue weighted by molar-refractivity contribution is 0.349. The molecule has 16 heavy (non-hydrogen) atoms. The van der Waals surface area contributed by atoms with Crippen LogP contribution in [0.4, 0.5) is 0 Å². The fourth-order valence-corrected chi connectivity index (χ4v) is 1.65. The third kappa shape index (κ3) is 2.40. The minimum absolute atomic E-state index is 0.589. The van der Waals surface area contributed by atoms with Gasteiger partial charge < -0.3 is 10.2 Å². The maximum atomic E-state index is 5.53. The molecule has 0 spiro atoms. The molecule has 0 aliphatic rings. The fraction of sp³-hybridized carbons (Fsp3) is 0.417. The molecule has 0 amide bonds. The van der Waals surface area contributed by atoms with E-state index in [1.165, 1.54) is 5.56 Å². The number of rotatable bonds is 4. The Balaban J connectivity index is 2.13. The van der Waals surface area contributed by atoms with Crippen LogP contribution in [0.1, 0.15) is 11.5 Å². The second kappa shape index (κ2) is 4.63. The van der Waals surface area contributed by atoms with E-state index in [1.54, 1.807) is 0 Å². The molecule has 0 bridgehead atoms. The smallest absolute Gasteiger partial charge is 0.192 e. The van der Waals surface area contributed by atoms with Crippen molar-refractivity contribution in [2.75, 3.05) is 20.3 Å². The molecule has 1 heterocycles. The zero-order valence-electron chi connectivity index (χ0n) is 9.73. The number of nitrogens with two attached hydrogens (primary N) is 1. The Kier molecular flexibility index (Phi) is 3.22. The van der Waals surface area contributed by atoms with Crippen molar-refractivity contribution in [3.05, 3.63) is 29.7 Å². The van der Waals surface area contributed by atoms with Gasteiger partial charge in [0, 0.05) is 20.1 Å². The first-order chi connectivity index (χ1) is 7.69. The molecule has 86 valence electrons. The summed E-state index contributed by atoms with van der Waals surface area (Å²) in [5.74, 6) is 0.714. The topological polar surface area (TPSA) is 55.3 Å². The van der Waals surface area contributed by atoms with E-state index in [9.17, 15) is 0 Å². The summed E-state index contributed by atoms with van der Waals surface area (Å²) in [7, 11) is 2.01. The Morgan fingerprint density at radius 2 is 2.25 bits per heavy atom. The van der Waals surface area contributed by atoms with Crippen LogP contribution < -0.4 is 5.73 Å². The molecule has 0 radical (unpaired) electrons. The van der Waals surface area contributed by atoms with Crippen LogP contribution in [-0.4, -0.2) is 30.1 Å². The average molecular weight is 219 g/mol. The van der Waals surface area contributed by atoms with Gasteiger partial charge in [0.05, 0.1) is 0 Å². The highest BCUT2D eigenvalue weighted by Gasteiger charge is 2.03. The Labute approximate surface area is 95.1 Å². The first kappa shape index (κ1) is 11.1. The summed E-state index contributed by atoms with van der Waals surface area (Å²) in [6.07, 6.45) is 0.982. The molecule has 2 N–H and O–H groups in total. The first-order valence-electron chi connectivity index (χ1n) is 5.43. The second-order valence-electron chi connectivity index (χ2n) is 4.05. The zero-order chi connectivity index (χ0) is 11.5. The highest BCUT2D eigenvalue weighted by Crippen LogP contribution is 2.17. The summed E-state index contributed by atoms with van der Waals surface area (Å²) in [5.41, 5.74) is 8.58. The maximum Gasteiger partial charge on any atom is 0.192 e. The van der Waals surface area contributed by atoms with E-state index >= 15 is 0 Å². The molecule has 2 aromatic rings. The summed E-state index contributed by atoms with van der Waals surface area (Å²) < 4.78 is 5.43. The third-order valence-electron chi connectivity index (χ3n) is 2.65. The van der Waals surface area contributed by atoms with Crippen LogP contribution in [-0.2, 0) is 6.42 Å². The van der Waals surface area contributed by atoms with E-state index in [1.807, 2.05) is 20.0 Å². The lowest BCUT2D eigenvalue weighted by Crippen LogP contribution is -2.27. The highest BCUT2D eigenvalue weighted by molar-refractivity contribution is 5.73. The number of fused-ring (bicyclic) bond motifs is 1. The molecule has 0 atom stereocenters. The molecular weight excluding hydrogens is 202 g/mol. The van der Waals surface area contributed by atoms with Crippen LogP contribution in [0.3, 0.4) is 0 Å². The predicted octanol–water partition coefficient (Wildman–Crippen LogP) is 1.53. The molecule has 0 saturated carbocycles. The number of likely N-dealkylation sites (N-methyl/N-ethyl adjacent to an activating group) is 1. The van der Waals surface area contributed by atoms with E-state index in [4.69, 9.17) is 10.2 Å². The maximum absolute atomic E-state index is 5.53. The zero-order valence-corrected chi connectivity index (χ0v) is 9.73. The van der Waals surface area contributed by atoms with Crippen LogP contribution in [0.5, 0.6) is 0 Å². The van der Waals surface area contributed by atoms with Crippen LogP contribution in [0.25, 0.3) is 11.1 Å². The molecule has 2 rings (SSSR count). The number of aromatic nitrogens is 1. The van der Waals surface area contributed by atoms with Crippen LogP contribution in [0.15, 0.2) is 22.6 Å². The van der Waals surface area contributed by atoms with Crippen molar-refractivity contribution in [2.24, 2.45) is 5.73 Å². The fourth-order valence-electron chi connectivity index (χ4n) is 1.65. The molecule has 0 saturated heterocycles.